The second-order valence-electron chi connectivity index (χ2n) is 7.15. The monoisotopic (exact) mass is 402 g/mol. The SMILES string of the molecule is CC(=O)Nc1cc(C(=O)NCCC(C)C)ccc1S(=O)(=O)c1ccc(C)cc1. The third kappa shape index (κ3) is 5.42. The lowest BCUT2D eigenvalue weighted by molar-refractivity contribution is -0.114. The standard InChI is InChI=1S/C21H26N2O4S/c1-14(2)11-12-22-21(25)17-7-10-20(19(13-17)23-16(4)24)28(26,27)18-8-5-15(3)6-9-18/h5-10,13-14H,11-12H2,1-4H3,(H,22,25)(H,23,24). The first-order chi connectivity index (χ1) is 13.1. The van der Waals surface area contributed by atoms with Crippen LogP contribution in [0.1, 0.15) is 43.1 Å². The van der Waals surface area contributed by atoms with E-state index in [9.17, 15) is 18.0 Å². The largest absolute Gasteiger partial charge is 0.352 e. The van der Waals surface area contributed by atoms with Crippen LogP contribution in [0.3, 0.4) is 0 Å². The van der Waals surface area contributed by atoms with Gasteiger partial charge in [-0.1, -0.05) is 31.5 Å². The molecule has 0 bridgehead atoms. The Hall–Kier alpha value is -2.67. The molecule has 2 amide bonds. The molecule has 28 heavy (non-hydrogen) atoms. The van der Waals surface area contributed by atoms with Gasteiger partial charge >= 0.3 is 0 Å². The summed E-state index contributed by atoms with van der Waals surface area (Å²) in [4.78, 5) is 24.0. The van der Waals surface area contributed by atoms with Crippen LogP contribution in [0, 0.1) is 12.8 Å². The zero-order chi connectivity index (χ0) is 20.9. The highest BCUT2D eigenvalue weighted by atomic mass is 32.2. The van der Waals surface area contributed by atoms with Crippen molar-refractivity contribution in [2.24, 2.45) is 5.92 Å². The van der Waals surface area contributed by atoms with Gasteiger partial charge in [0, 0.05) is 19.0 Å². The van der Waals surface area contributed by atoms with Crippen LogP contribution < -0.4 is 10.6 Å². The molecule has 2 aromatic carbocycles. The lowest BCUT2D eigenvalue weighted by Crippen LogP contribution is -2.25. The molecule has 0 spiro atoms. The van der Waals surface area contributed by atoms with E-state index >= 15 is 0 Å². The number of amides is 2. The number of nitrogens with one attached hydrogen (secondary N) is 2. The molecule has 6 nitrogen and oxygen atoms in total. The number of hydrogen-bond acceptors (Lipinski definition) is 4. The summed E-state index contributed by atoms with van der Waals surface area (Å²) < 4.78 is 26.0. The summed E-state index contributed by atoms with van der Waals surface area (Å²) in [7, 11) is -3.85. The fourth-order valence-corrected chi connectivity index (χ4v) is 4.01. The van der Waals surface area contributed by atoms with E-state index in [2.05, 4.69) is 24.5 Å². The number of anilines is 1. The lowest BCUT2D eigenvalue weighted by Gasteiger charge is -2.13. The van der Waals surface area contributed by atoms with Crippen LogP contribution >= 0.6 is 0 Å². The summed E-state index contributed by atoms with van der Waals surface area (Å²) in [5, 5.41) is 5.34. The number of aryl methyl sites for hydroxylation is 1. The quantitative estimate of drug-likeness (QED) is 0.741. The van der Waals surface area contributed by atoms with Gasteiger partial charge in [-0.25, -0.2) is 8.42 Å². The Kier molecular flexibility index (Phi) is 6.96. The topological polar surface area (TPSA) is 92.3 Å². The van der Waals surface area contributed by atoms with Gasteiger partial charge in [0.1, 0.15) is 0 Å². The molecule has 0 aliphatic carbocycles. The van der Waals surface area contributed by atoms with Gasteiger partial charge in [-0.2, -0.15) is 0 Å². The predicted octanol–water partition coefficient (Wildman–Crippen LogP) is 3.56. The van der Waals surface area contributed by atoms with E-state index in [1.54, 1.807) is 12.1 Å². The van der Waals surface area contributed by atoms with Crippen LogP contribution in [0.25, 0.3) is 0 Å². The first-order valence-electron chi connectivity index (χ1n) is 9.13. The lowest BCUT2D eigenvalue weighted by atomic mass is 10.1. The van der Waals surface area contributed by atoms with E-state index in [1.165, 1.54) is 37.3 Å². The van der Waals surface area contributed by atoms with Gasteiger partial charge in [-0.05, 0) is 49.6 Å². The van der Waals surface area contributed by atoms with Crippen LogP contribution in [0.2, 0.25) is 0 Å². The Morgan fingerprint density at radius 2 is 1.68 bits per heavy atom. The van der Waals surface area contributed by atoms with Crippen molar-refractivity contribution in [1.29, 1.82) is 0 Å². The highest BCUT2D eigenvalue weighted by molar-refractivity contribution is 7.91. The Morgan fingerprint density at radius 1 is 1.04 bits per heavy atom. The average Bonchev–Trinajstić information content (AvgIpc) is 2.61. The van der Waals surface area contributed by atoms with E-state index in [-0.39, 0.29) is 26.9 Å². The molecule has 0 aliphatic rings. The van der Waals surface area contributed by atoms with E-state index in [0.29, 0.717) is 12.5 Å². The van der Waals surface area contributed by atoms with Crippen molar-refractivity contribution in [2.45, 2.75) is 43.9 Å². The van der Waals surface area contributed by atoms with Crippen LogP contribution in [0.15, 0.2) is 52.3 Å². The fraction of sp³-hybridized carbons (Fsp3) is 0.333. The summed E-state index contributed by atoms with van der Waals surface area (Å²) >= 11 is 0. The smallest absolute Gasteiger partial charge is 0.251 e. The van der Waals surface area contributed by atoms with Crippen molar-refractivity contribution in [2.75, 3.05) is 11.9 Å². The Bertz CT molecular complexity index is 964. The molecule has 0 saturated carbocycles. The highest BCUT2D eigenvalue weighted by Crippen LogP contribution is 2.29. The van der Waals surface area contributed by atoms with Crippen molar-refractivity contribution in [1.82, 2.24) is 5.32 Å². The average molecular weight is 403 g/mol. The van der Waals surface area contributed by atoms with Gasteiger partial charge in [0.05, 0.1) is 15.5 Å². The first-order valence-corrected chi connectivity index (χ1v) is 10.6. The number of hydrogen-bond donors (Lipinski definition) is 2. The second kappa shape index (κ2) is 9.01. The number of carbonyl (C=O) groups excluding carboxylic acids is 2. The highest BCUT2D eigenvalue weighted by Gasteiger charge is 2.23. The molecule has 0 heterocycles. The molecule has 0 fully saturated rings. The van der Waals surface area contributed by atoms with Crippen molar-refractivity contribution < 1.29 is 18.0 Å². The van der Waals surface area contributed by atoms with Crippen molar-refractivity contribution >= 4 is 27.3 Å². The maximum absolute atomic E-state index is 13.0. The van der Waals surface area contributed by atoms with Gasteiger partial charge in [-0.3, -0.25) is 9.59 Å². The van der Waals surface area contributed by atoms with E-state index in [4.69, 9.17) is 0 Å². The molecule has 0 aliphatic heterocycles. The Labute approximate surface area is 166 Å². The summed E-state index contributed by atoms with van der Waals surface area (Å²) in [6.45, 7) is 7.80. The molecule has 0 aromatic heterocycles. The summed E-state index contributed by atoms with van der Waals surface area (Å²) in [6.07, 6.45) is 0.837. The Morgan fingerprint density at radius 3 is 2.25 bits per heavy atom. The van der Waals surface area contributed by atoms with Gasteiger partial charge in [0.25, 0.3) is 5.91 Å². The van der Waals surface area contributed by atoms with Crippen molar-refractivity contribution in [3.63, 3.8) is 0 Å². The number of carbonyl (C=O) groups is 2. The fourth-order valence-electron chi connectivity index (χ4n) is 2.61. The van der Waals surface area contributed by atoms with Crippen molar-refractivity contribution in [3.8, 4) is 0 Å². The van der Waals surface area contributed by atoms with Gasteiger partial charge in [-0.15, -0.1) is 0 Å². The van der Waals surface area contributed by atoms with Crippen LogP contribution in [-0.4, -0.2) is 26.8 Å². The summed E-state index contributed by atoms with van der Waals surface area (Å²) in [6, 6.07) is 10.7. The van der Waals surface area contributed by atoms with Crippen molar-refractivity contribution in [3.05, 3.63) is 53.6 Å². The van der Waals surface area contributed by atoms with E-state index in [0.717, 1.165) is 12.0 Å². The molecule has 150 valence electrons. The minimum Gasteiger partial charge on any atom is -0.352 e. The number of rotatable bonds is 7. The van der Waals surface area contributed by atoms with Crippen LogP contribution in [0.5, 0.6) is 0 Å². The van der Waals surface area contributed by atoms with Crippen LogP contribution in [0.4, 0.5) is 5.69 Å². The van der Waals surface area contributed by atoms with Gasteiger partial charge in [0.2, 0.25) is 15.7 Å². The van der Waals surface area contributed by atoms with Gasteiger partial charge in [0.15, 0.2) is 0 Å². The molecule has 0 saturated heterocycles. The first kappa shape index (κ1) is 21.6. The number of sulfone groups is 1. The number of benzene rings is 2. The third-order valence-corrected chi connectivity index (χ3v) is 6.01. The zero-order valence-corrected chi connectivity index (χ0v) is 17.4. The summed E-state index contributed by atoms with van der Waals surface area (Å²) in [5.74, 6) is -0.276. The van der Waals surface area contributed by atoms with E-state index in [1.807, 2.05) is 6.92 Å². The molecule has 2 rings (SSSR count). The molecule has 0 radical (unpaired) electrons. The minimum absolute atomic E-state index is 0.0507. The zero-order valence-electron chi connectivity index (χ0n) is 16.6. The molecular formula is C21H26N2O4S. The maximum Gasteiger partial charge on any atom is 0.251 e. The molecule has 2 aromatic rings. The second-order valence-corrected chi connectivity index (χ2v) is 9.07. The molecular weight excluding hydrogens is 376 g/mol. The molecule has 0 unspecified atom stereocenters. The summed E-state index contributed by atoms with van der Waals surface area (Å²) in [5.41, 5.74) is 1.31. The predicted molar refractivity (Wildman–Crippen MR) is 109 cm³/mol. The minimum atomic E-state index is -3.85. The molecule has 7 heteroatoms. The van der Waals surface area contributed by atoms with Gasteiger partial charge < -0.3 is 10.6 Å². The molecule has 0 atom stereocenters. The van der Waals surface area contributed by atoms with E-state index < -0.39 is 15.7 Å². The Balaban J connectivity index is 2.40. The third-order valence-electron chi connectivity index (χ3n) is 4.18. The van der Waals surface area contributed by atoms with Crippen LogP contribution in [-0.2, 0) is 14.6 Å². The molecule has 2 N–H and O–H groups in total. The maximum atomic E-state index is 13.0. The normalized spacial score (nSPS) is 11.3.